The lowest BCUT2D eigenvalue weighted by Crippen LogP contribution is -2.59. The number of thiophene rings is 1. The van der Waals surface area contributed by atoms with Crippen molar-refractivity contribution in [2.75, 3.05) is 25.0 Å². The molecule has 2 aliphatic heterocycles. The first-order valence-electron chi connectivity index (χ1n) is 16.5. The number of hydrogen-bond acceptors (Lipinski definition) is 11. The minimum atomic E-state index is -1.44. The Morgan fingerprint density at radius 1 is 1.04 bits per heavy atom. The number of hydrogen-bond donors (Lipinski definition) is 8. The highest BCUT2D eigenvalue weighted by molar-refractivity contribution is 7.15. The average molecular weight is 667 g/mol. The van der Waals surface area contributed by atoms with Gasteiger partial charge in [-0.2, -0.15) is 0 Å². The summed E-state index contributed by atoms with van der Waals surface area (Å²) in [5.41, 5.74) is 4.71. The summed E-state index contributed by atoms with van der Waals surface area (Å²) in [6, 6.07) is 19.0. The van der Waals surface area contributed by atoms with Crippen LogP contribution in [0.3, 0.4) is 0 Å². The number of aliphatic hydroxyl groups excluding tert-OH is 4. The van der Waals surface area contributed by atoms with E-state index in [0.29, 0.717) is 18.2 Å². The summed E-state index contributed by atoms with van der Waals surface area (Å²) >= 11 is 1.73. The Morgan fingerprint density at radius 2 is 1.87 bits per heavy atom. The van der Waals surface area contributed by atoms with Crippen LogP contribution in [-0.4, -0.2) is 94.9 Å². The maximum Gasteiger partial charge on any atom is 0.252 e. The standard InChI is InChI=1S/C35H46N4O7S/c1-19-6-7-24(39-25-15-36-16-25)14-28(19)34(44)38-20(2)21-4-3-5-22(12-21)30-11-10-27(47-30)17-37-23-8-9-26(13-23)45-35-33(43)32(42)31(41)29(18-40)46-35/h3-7,10-12,14,20,23,25-26,29,31-33,35-37,39-43H,8-9,13,15-18H2,1-2H3,(H,38,44)/t20-,23+,26-,29?,31-,32+,33?,35-/m1/s1. The fraction of sp³-hybridized carbons (Fsp3) is 0.514. The van der Waals surface area contributed by atoms with Crippen LogP contribution in [-0.2, 0) is 16.0 Å². The van der Waals surface area contributed by atoms with Crippen molar-refractivity contribution in [2.24, 2.45) is 0 Å². The molecule has 2 unspecified atom stereocenters. The molecule has 254 valence electrons. The maximum atomic E-state index is 13.3. The normalized spacial score (nSPS) is 28.5. The summed E-state index contributed by atoms with van der Waals surface area (Å²) < 4.78 is 11.5. The van der Waals surface area contributed by atoms with Crippen LogP contribution >= 0.6 is 11.3 Å². The van der Waals surface area contributed by atoms with E-state index < -0.39 is 37.3 Å². The number of carbonyl (C=O) groups excluding carboxylic acids is 1. The van der Waals surface area contributed by atoms with Gasteiger partial charge in [0.2, 0.25) is 0 Å². The van der Waals surface area contributed by atoms with E-state index in [1.807, 2.05) is 44.2 Å². The third-order valence-corrected chi connectivity index (χ3v) is 10.6. The Hall–Kier alpha value is -2.91. The second-order valence-corrected chi connectivity index (χ2v) is 14.1. The molecule has 6 rings (SSSR count). The van der Waals surface area contributed by atoms with Crippen LogP contribution in [0.4, 0.5) is 5.69 Å². The minimum Gasteiger partial charge on any atom is -0.394 e. The van der Waals surface area contributed by atoms with E-state index in [4.69, 9.17) is 9.47 Å². The Bertz CT molecular complexity index is 1510. The first kappa shape index (κ1) is 34.0. The van der Waals surface area contributed by atoms with E-state index in [9.17, 15) is 25.2 Å². The number of ether oxygens (including phenoxy) is 2. The molecule has 12 heteroatoms. The van der Waals surface area contributed by atoms with E-state index >= 15 is 0 Å². The largest absolute Gasteiger partial charge is 0.394 e. The fourth-order valence-corrected chi connectivity index (χ4v) is 7.35. The van der Waals surface area contributed by atoms with Crippen LogP contribution < -0.4 is 21.3 Å². The molecule has 1 aromatic heterocycles. The molecule has 11 nitrogen and oxygen atoms in total. The second-order valence-electron chi connectivity index (χ2n) is 13.0. The number of aliphatic hydroxyl groups is 4. The molecule has 2 aromatic carbocycles. The molecule has 1 saturated carbocycles. The first-order valence-corrected chi connectivity index (χ1v) is 17.3. The monoisotopic (exact) mass is 666 g/mol. The van der Waals surface area contributed by atoms with Crippen molar-refractivity contribution in [3.8, 4) is 10.4 Å². The predicted octanol–water partition coefficient (Wildman–Crippen LogP) is 2.43. The van der Waals surface area contributed by atoms with Crippen molar-refractivity contribution in [1.29, 1.82) is 0 Å². The van der Waals surface area contributed by atoms with Crippen molar-refractivity contribution in [1.82, 2.24) is 16.0 Å². The van der Waals surface area contributed by atoms with Crippen LogP contribution in [0.1, 0.15) is 58.6 Å². The van der Waals surface area contributed by atoms with Crippen LogP contribution in [0.5, 0.6) is 0 Å². The topological polar surface area (TPSA) is 165 Å². The third kappa shape index (κ3) is 8.05. The Balaban J connectivity index is 1.00. The molecule has 1 amide bonds. The van der Waals surface area contributed by atoms with E-state index in [-0.39, 0.29) is 24.1 Å². The highest BCUT2D eigenvalue weighted by atomic mass is 32.1. The van der Waals surface area contributed by atoms with Crippen molar-refractivity contribution < 1.29 is 34.7 Å². The quantitative estimate of drug-likeness (QED) is 0.144. The van der Waals surface area contributed by atoms with Crippen LogP contribution in [0, 0.1) is 6.92 Å². The first-order chi connectivity index (χ1) is 22.7. The highest BCUT2D eigenvalue weighted by Crippen LogP contribution is 2.32. The molecule has 0 radical (unpaired) electrons. The molecule has 8 N–H and O–H groups in total. The highest BCUT2D eigenvalue weighted by Gasteiger charge is 2.45. The van der Waals surface area contributed by atoms with Crippen molar-refractivity contribution in [2.45, 2.75) is 94.6 Å². The molecule has 3 aliphatic rings. The Morgan fingerprint density at radius 3 is 2.64 bits per heavy atom. The van der Waals surface area contributed by atoms with Crippen LogP contribution in [0.15, 0.2) is 54.6 Å². The van der Waals surface area contributed by atoms with Gasteiger partial charge in [-0.1, -0.05) is 24.3 Å². The summed E-state index contributed by atoms with van der Waals surface area (Å²) in [7, 11) is 0. The molecular formula is C35H46N4O7S. The molecule has 0 bridgehead atoms. The van der Waals surface area contributed by atoms with Gasteiger partial charge in [0.05, 0.1) is 24.8 Å². The zero-order valence-electron chi connectivity index (χ0n) is 26.8. The van der Waals surface area contributed by atoms with Crippen molar-refractivity contribution in [3.63, 3.8) is 0 Å². The third-order valence-electron chi connectivity index (χ3n) is 9.44. The van der Waals surface area contributed by atoms with E-state index in [1.165, 1.54) is 4.88 Å². The van der Waals surface area contributed by atoms with Crippen molar-refractivity contribution >= 4 is 22.9 Å². The summed E-state index contributed by atoms with van der Waals surface area (Å²) in [5, 5.41) is 53.3. The molecule has 1 aliphatic carbocycles. The molecule has 3 heterocycles. The summed E-state index contributed by atoms with van der Waals surface area (Å²) in [6.45, 7) is 6.05. The van der Waals surface area contributed by atoms with Gasteiger partial charge < -0.3 is 51.2 Å². The van der Waals surface area contributed by atoms with Gasteiger partial charge in [0.15, 0.2) is 6.29 Å². The zero-order chi connectivity index (χ0) is 33.1. The van der Waals surface area contributed by atoms with E-state index in [0.717, 1.165) is 59.6 Å². The van der Waals surface area contributed by atoms with Gasteiger partial charge in [0.1, 0.15) is 24.4 Å². The number of nitrogens with one attached hydrogen (secondary N) is 4. The smallest absolute Gasteiger partial charge is 0.252 e. The summed E-state index contributed by atoms with van der Waals surface area (Å²) in [6.07, 6.45) is -4.11. The lowest BCUT2D eigenvalue weighted by atomic mass is 9.99. The SMILES string of the molecule is Cc1ccc(NC2CNC2)cc1C(=O)N[C@H](C)c1cccc(-c2ccc(CN[C@H]3CC[C@@H](O[C@@H]4OC(CO)[C@@H](O)[C@H](O)C4O)C3)s2)c1. The number of amides is 1. The lowest BCUT2D eigenvalue weighted by Gasteiger charge is -2.40. The second kappa shape index (κ2) is 15.1. The van der Waals surface area contributed by atoms with Gasteiger partial charge in [-0.15, -0.1) is 11.3 Å². The summed E-state index contributed by atoms with van der Waals surface area (Å²) in [5.74, 6) is -0.0898. The van der Waals surface area contributed by atoms with Crippen LogP contribution in [0.2, 0.25) is 0 Å². The number of rotatable bonds is 12. The van der Waals surface area contributed by atoms with E-state index in [2.05, 4.69) is 45.5 Å². The number of aryl methyl sites for hydroxylation is 1. The molecule has 8 atom stereocenters. The molecule has 0 spiro atoms. The predicted molar refractivity (Wildman–Crippen MR) is 180 cm³/mol. The van der Waals surface area contributed by atoms with Crippen LogP contribution in [0.25, 0.3) is 10.4 Å². The van der Waals surface area contributed by atoms with Crippen molar-refractivity contribution in [3.05, 3.63) is 76.2 Å². The number of benzene rings is 2. The minimum absolute atomic E-state index is 0.0898. The number of anilines is 1. The van der Waals surface area contributed by atoms with Gasteiger partial charge in [0.25, 0.3) is 5.91 Å². The lowest BCUT2D eigenvalue weighted by molar-refractivity contribution is -0.310. The van der Waals surface area contributed by atoms with Gasteiger partial charge >= 0.3 is 0 Å². The van der Waals surface area contributed by atoms with Gasteiger partial charge in [0, 0.05) is 46.7 Å². The number of carbonyl (C=O) groups is 1. The average Bonchev–Trinajstić information content (AvgIpc) is 3.72. The van der Waals surface area contributed by atoms with Gasteiger partial charge in [-0.05, 0) is 80.1 Å². The Kier molecular flexibility index (Phi) is 10.9. The van der Waals surface area contributed by atoms with E-state index in [1.54, 1.807) is 11.3 Å². The van der Waals surface area contributed by atoms with Gasteiger partial charge in [-0.3, -0.25) is 4.79 Å². The molecular weight excluding hydrogens is 620 g/mol. The molecule has 3 aromatic rings. The van der Waals surface area contributed by atoms with Gasteiger partial charge in [-0.25, -0.2) is 0 Å². The molecule has 2 saturated heterocycles. The molecule has 47 heavy (non-hydrogen) atoms. The zero-order valence-corrected chi connectivity index (χ0v) is 27.6. The molecule has 3 fully saturated rings. The maximum absolute atomic E-state index is 13.3. The summed E-state index contributed by atoms with van der Waals surface area (Å²) in [4.78, 5) is 15.6. The Labute approximate surface area is 279 Å². The fourth-order valence-electron chi connectivity index (χ4n) is 6.39.